The highest BCUT2D eigenvalue weighted by atomic mass is 19.3. The number of piperidine rings is 1. The van der Waals surface area contributed by atoms with Gasteiger partial charge in [-0.05, 0) is 44.9 Å². The van der Waals surface area contributed by atoms with Gasteiger partial charge in [0.2, 0.25) is 0 Å². The van der Waals surface area contributed by atoms with E-state index in [1.54, 1.807) is 0 Å². The molecule has 0 aromatic carbocycles. The molecule has 0 aliphatic carbocycles. The maximum atomic E-state index is 12.6. The number of alkyl halides is 2. The Morgan fingerprint density at radius 3 is 2.79 bits per heavy atom. The van der Waals surface area contributed by atoms with Crippen molar-refractivity contribution >= 4 is 0 Å². The third kappa shape index (κ3) is 3.98. The van der Waals surface area contributed by atoms with E-state index in [4.69, 9.17) is 0 Å². The van der Waals surface area contributed by atoms with Crippen molar-refractivity contribution in [3.05, 3.63) is 18.2 Å². The van der Waals surface area contributed by atoms with Crippen LogP contribution >= 0.6 is 0 Å². The van der Waals surface area contributed by atoms with E-state index in [0.717, 1.165) is 30.7 Å². The Morgan fingerprint density at radius 2 is 2.16 bits per heavy atom. The Morgan fingerprint density at radius 1 is 1.42 bits per heavy atom. The molecule has 6 heteroatoms. The van der Waals surface area contributed by atoms with Gasteiger partial charge in [-0.15, -0.1) is 0 Å². The number of halogens is 2. The van der Waals surface area contributed by atoms with Crippen molar-refractivity contribution in [3.63, 3.8) is 0 Å². The molecule has 1 aromatic heterocycles. The van der Waals surface area contributed by atoms with Gasteiger partial charge in [-0.2, -0.15) is 8.78 Å². The molecule has 1 fully saturated rings. The van der Waals surface area contributed by atoms with Crippen LogP contribution in [0.1, 0.15) is 32.1 Å². The predicted molar refractivity (Wildman–Crippen MR) is 70.0 cm³/mol. The molecule has 1 aromatic rings. The van der Waals surface area contributed by atoms with Crippen molar-refractivity contribution in [2.45, 2.75) is 32.9 Å². The van der Waals surface area contributed by atoms with Gasteiger partial charge in [0.15, 0.2) is 0 Å². The standard InChI is InChI=1S/C13H22F2N4/c1-2-18-6-3-11(4-7-18)9-16-10-12-17-5-8-19(12)13(14)15/h5,8,11,13,16H,2-4,6-7,9-10H2,1H3. The number of hydrogen-bond acceptors (Lipinski definition) is 3. The summed E-state index contributed by atoms with van der Waals surface area (Å²) >= 11 is 0. The minimum Gasteiger partial charge on any atom is -0.310 e. The van der Waals surface area contributed by atoms with Crippen LogP contribution in [0.25, 0.3) is 0 Å². The molecule has 0 radical (unpaired) electrons. The Hall–Kier alpha value is -1.01. The number of nitrogens with one attached hydrogen (secondary N) is 1. The molecule has 0 unspecified atom stereocenters. The van der Waals surface area contributed by atoms with Crippen LogP contribution in [0.4, 0.5) is 8.78 Å². The number of imidazole rings is 1. The fourth-order valence-electron chi connectivity index (χ4n) is 2.55. The summed E-state index contributed by atoms with van der Waals surface area (Å²) in [5.74, 6) is 1.05. The fourth-order valence-corrected chi connectivity index (χ4v) is 2.55. The van der Waals surface area contributed by atoms with Gasteiger partial charge in [0.1, 0.15) is 5.82 Å². The van der Waals surface area contributed by atoms with Crippen LogP contribution in [0.5, 0.6) is 0 Å². The van der Waals surface area contributed by atoms with Gasteiger partial charge in [0.25, 0.3) is 0 Å². The molecule has 0 amide bonds. The van der Waals surface area contributed by atoms with Gasteiger partial charge in [-0.1, -0.05) is 6.92 Å². The maximum absolute atomic E-state index is 12.6. The molecular formula is C13H22F2N4. The number of likely N-dealkylation sites (tertiary alicyclic amines) is 1. The van der Waals surface area contributed by atoms with E-state index >= 15 is 0 Å². The molecule has 2 heterocycles. The monoisotopic (exact) mass is 272 g/mol. The average Bonchev–Trinajstić information content (AvgIpc) is 2.88. The van der Waals surface area contributed by atoms with Crippen molar-refractivity contribution < 1.29 is 8.78 Å². The molecule has 4 nitrogen and oxygen atoms in total. The van der Waals surface area contributed by atoms with E-state index < -0.39 is 6.55 Å². The normalized spacial score (nSPS) is 18.3. The van der Waals surface area contributed by atoms with E-state index in [2.05, 4.69) is 22.1 Å². The smallest absolute Gasteiger partial charge is 0.310 e. The highest BCUT2D eigenvalue weighted by molar-refractivity contribution is 4.92. The van der Waals surface area contributed by atoms with Gasteiger partial charge < -0.3 is 10.2 Å². The second kappa shape index (κ2) is 6.96. The lowest BCUT2D eigenvalue weighted by molar-refractivity contribution is 0.0665. The van der Waals surface area contributed by atoms with Crippen molar-refractivity contribution in [1.82, 2.24) is 19.8 Å². The van der Waals surface area contributed by atoms with Crippen molar-refractivity contribution in [2.75, 3.05) is 26.2 Å². The lowest BCUT2D eigenvalue weighted by Crippen LogP contribution is -2.37. The molecule has 2 rings (SSSR count). The Bertz CT molecular complexity index is 372. The summed E-state index contributed by atoms with van der Waals surface area (Å²) in [6.45, 7) is 4.38. The van der Waals surface area contributed by atoms with Crippen LogP contribution in [0.3, 0.4) is 0 Å². The summed E-state index contributed by atoms with van der Waals surface area (Å²) in [4.78, 5) is 6.40. The van der Waals surface area contributed by atoms with Gasteiger partial charge >= 0.3 is 6.55 Å². The second-order valence-electron chi connectivity index (χ2n) is 5.04. The first kappa shape index (κ1) is 14.4. The topological polar surface area (TPSA) is 33.1 Å². The number of hydrogen-bond donors (Lipinski definition) is 1. The van der Waals surface area contributed by atoms with Gasteiger partial charge in [-0.3, -0.25) is 4.57 Å². The number of rotatable bonds is 6. The van der Waals surface area contributed by atoms with Crippen molar-refractivity contribution in [2.24, 2.45) is 5.92 Å². The summed E-state index contributed by atoms with van der Waals surface area (Å²) in [6.07, 6.45) is 5.11. The summed E-state index contributed by atoms with van der Waals surface area (Å²) in [7, 11) is 0. The zero-order valence-corrected chi connectivity index (χ0v) is 11.4. The van der Waals surface area contributed by atoms with Gasteiger partial charge in [-0.25, -0.2) is 4.98 Å². The SMILES string of the molecule is CCN1CCC(CNCc2nccn2C(F)F)CC1. The van der Waals surface area contributed by atoms with Crippen LogP contribution in [0, 0.1) is 5.92 Å². The molecule has 1 aliphatic rings. The Labute approximate surface area is 112 Å². The predicted octanol–water partition coefficient (Wildman–Crippen LogP) is 2.10. The van der Waals surface area contributed by atoms with Crippen LogP contribution in [-0.4, -0.2) is 40.6 Å². The quantitative estimate of drug-likeness (QED) is 0.861. The van der Waals surface area contributed by atoms with E-state index in [1.807, 2.05) is 0 Å². The Balaban J connectivity index is 1.71. The molecule has 1 N–H and O–H groups in total. The second-order valence-corrected chi connectivity index (χ2v) is 5.04. The fraction of sp³-hybridized carbons (Fsp3) is 0.769. The highest BCUT2D eigenvalue weighted by Gasteiger charge is 2.18. The van der Waals surface area contributed by atoms with Crippen molar-refractivity contribution in [3.8, 4) is 0 Å². The first-order chi connectivity index (χ1) is 9.20. The maximum Gasteiger partial charge on any atom is 0.319 e. The summed E-state index contributed by atoms with van der Waals surface area (Å²) in [5, 5.41) is 3.25. The highest BCUT2D eigenvalue weighted by Crippen LogP contribution is 2.16. The third-order valence-corrected chi connectivity index (χ3v) is 3.83. The van der Waals surface area contributed by atoms with Crippen LogP contribution in [0.15, 0.2) is 12.4 Å². The molecule has 0 saturated carbocycles. The number of nitrogens with zero attached hydrogens (tertiary/aromatic N) is 3. The van der Waals surface area contributed by atoms with Crippen molar-refractivity contribution in [1.29, 1.82) is 0 Å². The Kier molecular flexibility index (Phi) is 5.27. The lowest BCUT2D eigenvalue weighted by Gasteiger charge is -2.31. The van der Waals surface area contributed by atoms with E-state index in [1.165, 1.54) is 25.2 Å². The van der Waals surface area contributed by atoms with E-state index in [9.17, 15) is 8.78 Å². The summed E-state index contributed by atoms with van der Waals surface area (Å²) in [6, 6.07) is 0. The molecule has 108 valence electrons. The van der Waals surface area contributed by atoms with Gasteiger partial charge in [0, 0.05) is 12.4 Å². The summed E-state index contributed by atoms with van der Waals surface area (Å²) in [5.41, 5.74) is 0. The molecule has 0 spiro atoms. The molecule has 0 bridgehead atoms. The number of aromatic nitrogens is 2. The van der Waals surface area contributed by atoms with E-state index in [-0.39, 0.29) is 0 Å². The molecule has 1 aliphatic heterocycles. The first-order valence-corrected chi connectivity index (χ1v) is 6.93. The first-order valence-electron chi connectivity index (χ1n) is 6.93. The summed E-state index contributed by atoms with van der Waals surface area (Å²) < 4.78 is 26.1. The third-order valence-electron chi connectivity index (χ3n) is 3.83. The minimum absolute atomic E-state index is 0.404. The van der Waals surface area contributed by atoms with Crippen LogP contribution < -0.4 is 5.32 Å². The lowest BCUT2D eigenvalue weighted by atomic mass is 9.97. The molecular weight excluding hydrogens is 250 g/mol. The largest absolute Gasteiger partial charge is 0.319 e. The van der Waals surface area contributed by atoms with E-state index in [0.29, 0.717) is 18.3 Å². The molecule has 19 heavy (non-hydrogen) atoms. The van der Waals surface area contributed by atoms with Crippen LogP contribution in [0.2, 0.25) is 0 Å². The average molecular weight is 272 g/mol. The minimum atomic E-state index is -2.51. The van der Waals surface area contributed by atoms with Crippen LogP contribution in [-0.2, 0) is 6.54 Å². The van der Waals surface area contributed by atoms with Gasteiger partial charge in [0.05, 0.1) is 6.54 Å². The molecule has 0 atom stereocenters. The molecule has 1 saturated heterocycles. The zero-order chi connectivity index (χ0) is 13.7. The zero-order valence-electron chi connectivity index (χ0n) is 11.4.